The molecule has 0 aromatic rings. The monoisotopic (exact) mass is 263 g/mol. The maximum Gasteiger partial charge on any atom is 0.234 e. The Hall–Kier alpha value is -0.320. The average Bonchev–Trinajstić information content (AvgIpc) is 2.20. The molecule has 0 spiro atoms. The lowest BCUT2D eigenvalue weighted by Crippen LogP contribution is -2.47. The van der Waals surface area contributed by atoms with Gasteiger partial charge in [0.05, 0.1) is 6.54 Å². The van der Waals surface area contributed by atoms with Gasteiger partial charge in [-0.2, -0.15) is 0 Å². The molecule has 4 nitrogen and oxygen atoms in total. The van der Waals surface area contributed by atoms with Crippen LogP contribution in [0.15, 0.2) is 0 Å². The highest BCUT2D eigenvalue weighted by atomic mass is 35.5. The van der Waals surface area contributed by atoms with Gasteiger partial charge in [0.25, 0.3) is 0 Å². The summed E-state index contributed by atoms with van der Waals surface area (Å²) in [6, 6.07) is 0.738. The predicted molar refractivity (Wildman–Crippen MR) is 73.4 cm³/mol. The largest absolute Gasteiger partial charge is 0.353 e. The van der Waals surface area contributed by atoms with Crippen LogP contribution < -0.4 is 11.1 Å². The van der Waals surface area contributed by atoms with E-state index in [1.807, 2.05) is 13.8 Å². The Morgan fingerprint density at radius 1 is 1.47 bits per heavy atom. The van der Waals surface area contributed by atoms with E-state index >= 15 is 0 Å². The number of carbonyl (C=O) groups is 1. The van der Waals surface area contributed by atoms with Crippen LogP contribution in [-0.2, 0) is 4.79 Å². The van der Waals surface area contributed by atoms with Crippen molar-refractivity contribution in [3.8, 4) is 0 Å². The molecule has 1 heterocycles. The van der Waals surface area contributed by atoms with Crippen LogP contribution in [0.2, 0.25) is 0 Å². The topological polar surface area (TPSA) is 58.4 Å². The van der Waals surface area contributed by atoms with Crippen LogP contribution in [0.5, 0.6) is 0 Å². The third-order valence-electron chi connectivity index (χ3n) is 3.05. The third kappa shape index (κ3) is 6.24. The van der Waals surface area contributed by atoms with E-state index in [0.29, 0.717) is 19.1 Å². The highest BCUT2D eigenvalue weighted by Crippen LogP contribution is 2.18. The Bertz CT molecular complexity index is 222. The standard InChI is InChI=1S/C12H25N3O.ClH/c1-10(2)14-12(16)9-15-8-4-3-5-11(15)6-7-13;/h10-11H,3-9,13H2,1-2H3,(H,14,16);1H. The van der Waals surface area contributed by atoms with Crippen LogP contribution in [0.4, 0.5) is 0 Å². The Morgan fingerprint density at radius 2 is 2.18 bits per heavy atom. The lowest BCUT2D eigenvalue weighted by atomic mass is 9.99. The minimum absolute atomic E-state index is 0. The lowest BCUT2D eigenvalue weighted by molar-refractivity contribution is -0.123. The SMILES string of the molecule is CC(C)NC(=O)CN1CCCCC1CCN.Cl. The maximum atomic E-state index is 11.7. The first-order valence-electron chi connectivity index (χ1n) is 6.37. The normalized spacial score (nSPS) is 21.1. The number of likely N-dealkylation sites (tertiary alicyclic amines) is 1. The zero-order valence-electron chi connectivity index (χ0n) is 10.9. The fourth-order valence-corrected chi connectivity index (χ4v) is 2.34. The predicted octanol–water partition coefficient (Wildman–Crippen LogP) is 1.14. The smallest absolute Gasteiger partial charge is 0.234 e. The Kier molecular flexibility index (Phi) is 8.56. The van der Waals surface area contributed by atoms with Crippen molar-refractivity contribution >= 4 is 18.3 Å². The van der Waals surface area contributed by atoms with Crippen LogP contribution >= 0.6 is 12.4 Å². The summed E-state index contributed by atoms with van der Waals surface area (Å²) in [6.07, 6.45) is 4.67. The summed E-state index contributed by atoms with van der Waals surface area (Å²) in [7, 11) is 0. The molecule has 0 aromatic heterocycles. The zero-order chi connectivity index (χ0) is 12.0. The van der Waals surface area contributed by atoms with Crippen LogP contribution in [0.25, 0.3) is 0 Å². The quantitative estimate of drug-likeness (QED) is 0.782. The molecule has 1 aliphatic heterocycles. The van der Waals surface area contributed by atoms with E-state index in [0.717, 1.165) is 13.0 Å². The van der Waals surface area contributed by atoms with Crippen LogP contribution in [0.1, 0.15) is 39.5 Å². The molecule has 0 aromatic carbocycles. The van der Waals surface area contributed by atoms with Crippen molar-refractivity contribution < 1.29 is 4.79 Å². The summed E-state index contributed by atoms with van der Waals surface area (Å²) in [4.78, 5) is 14.0. The molecule has 1 aliphatic rings. The molecule has 0 saturated carbocycles. The molecule has 0 aliphatic carbocycles. The zero-order valence-corrected chi connectivity index (χ0v) is 11.8. The number of piperidine rings is 1. The molecule has 17 heavy (non-hydrogen) atoms. The molecule has 1 amide bonds. The number of nitrogens with one attached hydrogen (secondary N) is 1. The van der Waals surface area contributed by atoms with E-state index in [1.165, 1.54) is 19.3 Å². The van der Waals surface area contributed by atoms with E-state index in [1.54, 1.807) is 0 Å². The van der Waals surface area contributed by atoms with E-state index in [9.17, 15) is 4.79 Å². The first-order valence-corrected chi connectivity index (χ1v) is 6.37. The molecular weight excluding hydrogens is 238 g/mol. The Labute approximate surface area is 111 Å². The molecule has 0 radical (unpaired) electrons. The van der Waals surface area contributed by atoms with Crippen molar-refractivity contribution in [2.45, 2.75) is 51.6 Å². The van der Waals surface area contributed by atoms with Crippen molar-refractivity contribution in [3.63, 3.8) is 0 Å². The van der Waals surface area contributed by atoms with Crippen LogP contribution in [-0.4, -0.2) is 42.5 Å². The van der Waals surface area contributed by atoms with Crippen molar-refractivity contribution in [2.24, 2.45) is 5.73 Å². The van der Waals surface area contributed by atoms with Gasteiger partial charge in [0.1, 0.15) is 0 Å². The van der Waals surface area contributed by atoms with Gasteiger partial charge in [0.15, 0.2) is 0 Å². The minimum atomic E-state index is 0. The number of carbonyl (C=O) groups excluding carboxylic acids is 1. The second-order valence-corrected chi connectivity index (χ2v) is 4.92. The second kappa shape index (κ2) is 8.72. The van der Waals surface area contributed by atoms with Crippen LogP contribution in [0, 0.1) is 0 Å². The summed E-state index contributed by atoms with van der Waals surface area (Å²) in [5.74, 6) is 0.138. The lowest BCUT2D eigenvalue weighted by Gasteiger charge is -2.35. The summed E-state index contributed by atoms with van der Waals surface area (Å²) < 4.78 is 0. The number of amides is 1. The van der Waals surface area contributed by atoms with Crippen molar-refractivity contribution in [1.82, 2.24) is 10.2 Å². The van der Waals surface area contributed by atoms with Crippen molar-refractivity contribution in [2.75, 3.05) is 19.6 Å². The Balaban J connectivity index is 0.00000256. The molecule has 1 saturated heterocycles. The summed E-state index contributed by atoms with van der Waals surface area (Å²) in [6.45, 7) is 6.27. The molecule has 1 unspecified atom stereocenters. The molecule has 1 rings (SSSR count). The van der Waals surface area contributed by atoms with Crippen molar-refractivity contribution in [1.29, 1.82) is 0 Å². The highest BCUT2D eigenvalue weighted by Gasteiger charge is 2.23. The average molecular weight is 264 g/mol. The van der Waals surface area contributed by atoms with E-state index in [2.05, 4.69) is 10.2 Å². The van der Waals surface area contributed by atoms with E-state index < -0.39 is 0 Å². The maximum absolute atomic E-state index is 11.7. The van der Waals surface area contributed by atoms with Gasteiger partial charge < -0.3 is 11.1 Å². The molecule has 102 valence electrons. The van der Waals surface area contributed by atoms with Gasteiger partial charge in [-0.3, -0.25) is 9.69 Å². The number of nitrogens with zero attached hydrogens (tertiary/aromatic N) is 1. The molecular formula is C12H26ClN3O. The number of halogens is 1. The fourth-order valence-electron chi connectivity index (χ4n) is 2.34. The van der Waals surface area contributed by atoms with Gasteiger partial charge in [-0.05, 0) is 46.2 Å². The minimum Gasteiger partial charge on any atom is -0.353 e. The van der Waals surface area contributed by atoms with E-state index in [-0.39, 0.29) is 24.4 Å². The van der Waals surface area contributed by atoms with Gasteiger partial charge in [0.2, 0.25) is 5.91 Å². The number of rotatable bonds is 5. The number of hydrogen-bond donors (Lipinski definition) is 2. The second-order valence-electron chi connectivity index (χ2n) is 4.92. The van der Waals surface area contributed by atoms with Crippen molar-refractivity contribution in [3.05, 3.63) is 0 Å². The summed E-state index contributed by atoms with van der Waals surface area (Å²) in [5.41, 5.74) is 5.61. The molecule has 1 atom stereocenters. The van der Waals surface area contributed by atoms with Gasteiger partial charge in [-0.25, -0.2) is 0 Å². The van der Waals surface area contributed by atoms with Gasteiger partial charge in [-0.15, -0.1) is 12.4 Å². The summed E-state index contributed by atoms with van der Waals surface area (Å²) >= 11 is 0. The number of hydrogen-bond acceptors (Lipinski definition) is 3. The summed E-state index contributed by atoms with van der Waals surface area (Å²) in [5, 5.41) is 2.94. The van der Waals surface area contributed by atoms with Gasteiger partial charge in [0, 0.05) is 12.1 Å². The molecule has 5 heteroatoms. The number of nitrogens with two attached hydrogens (primary N) is 1. The van der Waals surface area contributed by atoms with Crippen LogP contribution in [0.3, 0.4) is 0 Å². The highest BCUT2D eigenvalue weighted by molar-refractivity contribution is 5.85. The first-order chi connectivity index (χ1) is 7.63. The third-order valence-corrected chi connectivity index (χ3v) is 3.05. The van der Waals surface area contributed by atoms with E-state index in [4.69, 9.17) is 5.73 Å². The Morgan fingerprint density at radius 3 is 2.76 bits per heavy atom. The fraction of sp³-hybridized carbons (Fsp3) is 0.917. The molecule has 3 N–H and O–H groups in total. The van der Waals surface area contributed by atoms with Gasteiger partial charge >= 0.3 is 0 Å². The van der Waals surface area contributed by atoms with Gasteiger partial charge in [-0.1, -0.05) is 6.42 Å². The molecule has 0 bridgehead atoms. The first kappa shape index (κ1) is 16.7. The molecule has 1 fully saturated rings.